The van der Waals surface area contributed by atoms with Gasteiger partial charge in [0, 0.05) is 13.2 Å². The molecule has 0 fully saturated rings. The highest BCUT2D eigenvalue weighted by Crippen LogP contribution is 2.28. The quantitative estimate of drug-likeness (QED) is 0.832. The highest BCUT2D eigenvalue weighted by Gasteiger charge is 2.19. The minimum atomic E-state index is -3.67. The van der Waals surface area contributed by atoms with Crippen molar-refractivity contribution in [3.63, 3.8) is 0 Å². The van der Waals surface area contributed by atoms with E-state index in [0.29, 0.717) is 11.4 Å². The van der Waals surface area contributed by atoms with Crippen molar-refractivity contribution in [3.8, 4) is 0 Å². The second-order valence-electron chi connectivity index (χ2n) is 4.43. The molecule has 0 aliphatic rings. The van der Waals surface area contributed by atoms with E-state index in [0.717, 1.165) is 11.1 Å². The van der Waals surface area contributed by atoms with Crippen LogP contribution in [0.5, 0.6) is 0 Å². The first kappa shape index (κ1) is 13.4. The van der Waals surface area contributed by atoms with Crippen LogP contribution in [-0.2, 0) is 17.1 Å². The summed E-state index contributed by atoms with van der Waals surface area (Å²) >= 11 is 0. The van der Waals surface area contributed by atoms with E-state index in [1.807, 2.05) is 19.9 Å². The van der Waals surface area contributed by atoms with Crippen LogP contribution >= 0.6 is 0 Å². The number of rotatable bonds is 3. The number of sulfonamides is 1. The van der Waals surface area contributed by atoms with Gasteiger partial charge in [-0.1, -0.05) is 6.07 Å². The molecule has 0 bridgehead atoms. The van der Waals surface area contributed by atoms with E-state index in [9.17, 15) is 8.42 Å². The zero-order chi connectivity index (χ0) is 14.2. The topological polar surface area (TPSA) is 90.0 Å². The van der Waals surface area contributed by atoms with Gasteiger partial charge in [-0.15, -0.1) is 0 Å². The molecule has 1 heterocycles. The number of nitrogen functional groups attached to an aromatic ring is 1. The van der Waals surface area contributed by atoms with Crippen molar-refractivity contribution in [3.05, 3.63) is 35.7 Å². The van der Waals surface area contributed by atoms with Crippen LogP contribution < -0.4 is 10.5 Å². The lowest BCUT2D eigenvalue weighted by Crippen LogP contribution is -2.15. The van der Waals surface area contributed by atoms with E-state index in [1.165, 1.54) is 17.1 Å². The third-order valence-electron chi connectivity index (χ3n) is 3.00. The van der Waals surface area contributed by atoms with Crippen LogP contribution in [-0.4, -0.2) is 18.2 Å². The Kier molecular flexibility index (Phi) is 3.23. The van der Waals surface area contributed by atoms with Crippen LogP contribution in [0.3, 0.4) is 0 Å². The first-order valence-electron chi connectivity index (χ1n) is 5.68. The zero-order valence-electron chi connectivity index (χ0n) is 11.0. The Hall–Kier alpha value is -2.02. The zero-order valence-corrected chi connectivity index (χ0v) is 11.8. The van der Waals surface area contributed by atoms with Gasteiger partial charge in [0.05, 0.1) is 17.6 Å². The smallest absolute Gasteiger partial charge is 0.265 e. The van der Waals surface area contributed by atoms with Gasteiger partial charge in [-0.25, -0.2) is 8.42 Å². The van der Waals surface area contributed by atoms with E-state index < -0.39 is 10.0 Å². The Bertz CT molecular complexity index is 719. The Balaban J connectivity index is 2.44. The number of nitrogens with one attached hydrogen (secondary N) is 1. The Morgan fingerprint density at radius 3 is 2.58 bits per heavy atom. The highest BCUT2D eigenvalue weighted by atomic mass is 32.2. The van der Waals surface area contributed by atoms with Gasteiger partial charge in [0.2, 0.25) is 0 Å². The molecular formula is C12H16N4O2S. The molecule has 0 aliphatic heterocycles. The van der Waals surface area contributed by atoms with E-state index in [4.69, 9.17) is 5.73 Å². The van der Waals surface area contributed by atoms with Crippen LogP contribution in [0.15, 0.2) is 29.4 Å². The fourth-order valence-electron chi connectivity index (χ4n) is 1.70. The van der Waals surface area contributed by atoms with Gasteiger partial charge in [0.1, 0.15) is 4.90 Å². The average molecular weight is 280 g/mol. The van der Waals surface area contributed by atoms with Crippen LogP contribution in [0, 0.1) is 13.8 Å². The SMILES string of the molecule is Cc1ccc(N)c(NS(=O)(=O)c2cnn(C)c2)c1C. The first-order chi connectivity index (χ1) is 8.81. The van der Waals surface area contributed by atoms with Crippen molar-refractivity contribution in [2.24, 2.45) is 7.05 Å². The second-order valence-corrected chi connectivity index (χ2v) is 6.11. The molecule has 1 aromatic heterocycles. The van der Waals surface area contributed by atoms with Crippen LogP contribution in [0.4, 0.5) is 11.4 Å². The molecule has 102 valence electrons. The molecule has 6 nitrogen and oxygen atoms in total. The summed E-state index contributed by atoms with van der Waals surface area (Å²) in [5, 5.41) is 3.85. The molecule has 0 atom stereocenters. The summed E-state index contributed by atoms with van der Waals surface area (Å²) in [5.74, 6) is 0. The van der Waals surface area contributed by atoms with Gasteiger partial charge < -0.3 is 5.73 Å². The number of aromatic nitrogens is 2. The Labute approximate surface area is 112 Å². The number of nitrogens with two attached hydrogens (primary N) is 1. The number of benzene rings is 1. The molecule has 0 saturated heterocycles. The van der Waals surface area contributed by atoms with Gasteiger partial charge in [-0.2, -0.15) is 5.10 Å². The lowest BCUT2D eigenvalue weighted by Gasteiger charge is -2.13. The van der Waals surface area contributed by atoms with Crippen molar-refractivity contribution in [2.45, 2.75) is 18.7 Å². The van der Waals surface area contributed by atoms with Crippen molar-refractivity contribution in [2.75, 3.05) is 10.5 Å². The largest absolute Gasteiger partial charge is 0.397 e. The summed E-state index contributed by atoms with van der Waals surface area (Å²) in [6.45, 7) is 3.73. The van der Waals surface area contributed by atoms with Crippen molar-refractivity contribution < 1.29 is 8.42 Å². The lowest BCUT2D eigenvalue weighted by molar-refractivity contribution is 0.601. The van der Waals surface area contributed by atoms with Crippen LogP contribution in [0.2, 0.25) is 0 Å². The summed E-state index contributed by atoms with van der Waals surface area (Å²) in [6, 6.07) is 3.54. The molecule has 2 rings (SSSR count). The van der Waals surface area contributed by atoms with E-state index in [2.05, 4.69) is 9.82 Å². The summed E-state index contributed by atoms with van der Waals surface area (Å²) in [7, 11) is -2.01. The van der Waals surface area contributed by atoms with E-state index in [-0.39, 0.29) is 4.90 Å². The maximum atomic E-state index is 12.2. The average Bonchev–Trinajstić information content (AvgIpc) is 2.77. The third kappa shape index (κ3) is 2.55. The Morgan fingerprint density at radius 2 is 2.00 bits per heavy atom. The van der Waals surface area contributed by atoms with Gasteiger partial charge in [0.15, 0.2) is 0 Å². The maximum absolute atomic E-state index is 12.2. The van der Waals surface area contributed by atoms with Crippen molar-refractivity contribution >= 4 is 21.4 Å². The summed E-state index contributed by atoms with van der Waals surface area (Å²) in [5.41, 5.74) is 8.43. The highest BCUT2D eigenvalue weighted by molar-refractivity contribution is 7.92. The molecule has 0 amide bonds. The van der Waals surface area contributed by atoms with E-state index in [1.54, 1.807) is 13.1 Å². The predicted octanol–water partition coefficient (Wildman–Crippen LogP) is 1.42. The maximum Gasteiger partial charge on any atom is 0.265 e. The molecule has 1 aromatic carbocycles. The number of aryl methyl sites for hydroxylation is 2. The molecule has 0 aliphatic carbocycles. The molecule has 19 heavy (non-hydrogen) atoms. The fraction of sp³-hybridized carbons (Fsp3) is 0.250. The molecule has 0 radical (unpaired) electrons. The van der Waals surface area contributed by atoms with Gasteiger partial charge >= 0.3 is 0 Å². The standard InChI is InChI=1S/C12H16N4O2S/c1-8-4-5-11(13)12(9(8)2)15-19(17,18)10-6-14-16(3)7-10/h4-7,15H,13H2,1-3H3. The Morgan fingerprint density at radius 1 is 1.32 bits per heavy atom. The number of hydrogen-bond donors (Lipinski definition) is 2. The molecule has 0 unspecified atom stereocenters. The molecular weight excluding hydrogens is 264 g/mol. The monoisotopic (exact) mass is 280 g/mol. The van der Waals surface area contributed by atoms with Gasteiger partial charge in [0.25, 0.3) is 10.0 Å². The number of nitrogens with zero attached hydrogens (tertiary/aromatic N) is 2. The molecule has 7 heteroatoms. The minimum absolute atomic E-state index is 0.107. The number of anilines is 2. The number of hydrogen-bond acceptors (Lipinski definition) is 4. The molecule has 3 N–H and O–H groups in total. The van der Waals surface area contributed by atoms with Gasteiger partial charge in [-0.05, 0) is 31.0 Å². The molecule has 0 saturated carbocycles. The van der Waals surface area contributed by atoms with Crippen molar-refractivity contribution in [1.82, 2.24) is 9.78 Å². The van der Waals surface area contributed by atoms with E-state index >= 15 is 0 Å². The normalized spacial score (nSPS) is 11.5. The summed E-state index contributed by atoms with van der Waals surface area (Å²) < 4.78 is 28.4. The van der Waals surface area contributed by atoms with Crippen LogP contribution in [0.25, 0.3) is 0 Å². The minimum Gasteiger partial charge on any atom is -0.397 e. The molecule has 0 spiro atoms. The van der Waals surface area contributed by atoms with Crippen molar-refractivity contribution in [1.29, 1.82) is 0 Å². The predicted molar refractivity (Wildman–Crippen MR) is 74.3 cm³/mol. The lowest BCUT2D eigenvalue weighted by atomic mass is 10.1. The summed E-state index contributed by atoms with van der Waals surface area (Å²) in [4.78, 5) is 0.107. The van der Waals surface area contributed by atoms with Gasteiger partial charge in [-0.3, -0.25) is 9.40 Å². The first-order valence-corrected chi connectivity index (χ1v) is 7.17. The summed E-state index contributed by atoms with van der Waals surface area (Å²) in [6.07, 6.45) is 2.73. The second kappa shape index (κ2) is 4.58. The fourth-order valence-corrected chi connectivity index (χ4v) is 2.84. The molecule has 2 aromatic rings. The van der Waals surface area contributed by atoms with Crippen LogP contribution in [0.1, 0.15) is 11.1 Å². The third-order valence-corrected chi connectivity index (χ3v) is 4.30.